The van der Waals surface area contributed by atoms with Gasteiger partial charge in [0.2, 0.25) is 0 Å². The molecule has 0 aromatic heterocycles. The fourth-order valence-electron chi connectivity index (χ4n) is 2.72. The maximum Gasteiger partial charge on any atom is 0.346 e. The first kappa shape index (κ1) is 15.3. The van der Waals surface area contributed by atoms with Crippen LogP contribution in [0.3, 0.4) is 0 Å². The molecule has 0 N–H and O–H groups in total. The zero-order chi connectivity index (χ0) is 15.9. The van der Waals surface area contributed by atoms with E-state index >= 15 is 0 Å². The predicted octanol–water partition coefficient (Wildman–Crippen LogP) is 4.17. The van der Waals surface area contributed by atoms with Crippen LogP contribution in [0.5, 0.6) is 5.75 Å². The zero-order valence-electron chi connectivity index (χ0n) is 11.8. The van der Waals surface area contributed by atoms with E-state index in [-0.39, 0.29) is 13.1 Å². The van der Waals surface area contributed by atoms with Crippen molar-refractivity contribution in [2.24, 2.45) is 0 Å². The van der Waals surface area contributed by atoms with Crippen molar-refractivity contribution in [3.8, 4) is 5.75 Å². The minimum atomic E-state index is -0.979. The van der Waals surface area contributed by atoms with Crippen LogP contribution in [0.4, 0.5) is 0 Å². The molecule has 1 aliphatic rings. The summed E-state index contributed by atoms with van der Waals surface area (Å²) >= 11 is 12.0. The molecule has 0 spiro atoms. The Morgan fingerprint density at radius 3 is 2.59 bits per heavy atom. The molecule has 1 unspecified atom stereocenters. The van der Waals surface area contributed by atoms with Crippen molar-refractivity contribution < 1.29 is 14.2 Å². The first-order valence-electron chi connectivity index (χ1n) is 6.67. The molecular formula is C16H13Cl2NO3. The van der Waals surface area contributed by atoms with Crippen molar-refractivity contribution in [3.05, 3.63) is 68.3 Å². The number of hydrogen-bond donors (Lipinski definition) is 0. The number of carbonyl (C=O) groups excluding carboxylic acids is 1. The standard InChI is InChI=1S/C16H13Cl2NO3/c1-22-15-7-14(18)13(17)6-11(15)9-19(21)8-10-4-2-3-5-12(10)16(19)20/h2-7H,8-9H2,1H3. The fraction of sp³-hybridized carbons (Fsp3) is 0.188. The van der Waals surface area contributed by atoms with Gasteiger partial charge in [0, 0.05) is 11.6 Å². The highest BCUT2D eigenvalue weighted by Gasteiger charge is 2.39. The molecule has 0 saturated carbocycles. The zero-order valence-corrected chi connectivity index (χ0v) is 13.3. The van der Waals surface area contributed by atoms with Crippen molar-refractivity contribution in [1.82, 2.24) is 0 Å². The van der Waals surface area contributed by atoms with Gasteiger partial charge in [-0.05, 0) is 12.1 Å². The number of amides is 1. The van der Waals surface area contributed by atoms with Gasteiger partial charge in [0.25, 0.3) is 0 Å². The van der Waals surface area contributed by atoms with E-state index in [0.29, 0.717) is 26.9 Å². The van der Waals surface area contributed by atoms with Crippen LogP contribution < -0.4 is 4.74 Å². The number of carbonyl (C=O) groups is 1. The summed E-state index contributed by atoms with van der Waals surface area (Å²) in [5.74, 6) is 0.00947. The number of nitrogens with zero attached hydrogens (tertiary/aromatic N) is 1. The van der Waals surface area contributed by atoms with Crippen LogP contribution in [-0.4, -0.2) is 17.7 Å². The van der Waals surface area contributed by atoms with Crippen LogP contribution in [0.1, 0.15) is 21.5 Å². The maximum atomic E-state index is 13.0. The normalized spacial score (nSPS) is 20.1. The summed E-state index contributed by atoms with van der Waals surface area (Å²) in [5, 5.41) is 13.7. The highest BCUT2D eigenvalue weighted by Crippen LogP contribution is 2.36. The van der Waals surface area contributed by atoms with Gasteiger partial charge in [0.15, 0.2) is 0 Å². The highest BCUT2D eigenvalue weighted by molar-refractivity contribution is 6.42. The Morgan fingerprint density at radius 1 is 1.23 bits per heavy atom. The summed E-state index contributed by atoms with van der Waals surface area (Å²) in [5.41, 5.74) is 1.81. The lowest BCUT2D eigenvalue weighted by Gasteiger charge is -2.35. The Kier molecular flexibility index (Phi) is 3.87. The van der Waals surface area contributed by atoms with Gasteiger partial charge in [-0.1, -0.05) is 41.4 Å². The van der Waals surface area contributed by atoms with Crippen molar-refractivity contribution in [2.75, 3.05) is 7.11 Å². The number of ether oxygens (including phenoxy) is 1. The smallest absolute Gasteiger partial charge is 0.346 e. The van der Waals surface area contributed by atoms with Gasteiger partial charge >= 0.3 is 5.91 Å². The summed E-state index contributed by atoms with van der Waals surface area (Å²) in [6.45, 7) is 0.0615. The molecule has 0 fully saturated rings. The molecule has 4 nitrogen and oxygen atoms in total. The average molecular weight is 338 g/mol. The Hall–Kier alpha value is -1.59. The average Bonchev–Trinajstić information content (AvgIpc) is 2.74. The van der Waals surface area contributed by atoms with E-state index in [1.54, 1.807) is 30.3 Å². The molecule has 114 valence electrons. The van der Waals surface area contributed by atoms with Crippen LogP contribution in [0.25, 0.3) is 0 Å². The van der Waals surface area contributed by atoms with Crippen LogP contribution in [0.2, 0.25) is 10.0 Å². The second-order valence-electron chi connectivity index (χ2n) is 5.25. The van der Waals surface area contributed by atoms with Gasteiger partial charge < -0.3 is 9.94 Å². The number of quaternary nitrogens is 1. The third kappa shape index (κ3) is 2.48. The van der Waals surface area contributed by atoms with Crippen molar-refractivity contribution in [3.63, 3.8) is 0 Å². The van der Waals surface area contributed by atoms with E-state index in [1.165, 1.54) is 7.11 Å². The summed E-state index contributed by atoms with van der Waals surface area (Å²) in [6.07, 6.45) is 0. The highest BCUT2D eigenvalue weighted by atomic mass is 35.5. The topological polar surface area (TPSA) is 49.4 Å². The number of halogens is 2. The molecule has 1 amide bonds. The molecule has 1 heterocycles. The lowest BCUT2D eigenvalue weighted by molar-refractivity contribution is -0.821. The number of hydroxylamine groups is 3. The van der Waals surface area contributed by atoms with E-state index in [2.05, 4.69) is 0 Å². The minimum absolute atomic E-state index is 0.0480. The summed E-state index contributed by atoms with van der Waals surface area (Å²) in [7, 11) is 1.48. The molecule has 1 atom stereocenters. The van der Waals surface area contributed by atoms with Crippen LogP contribution in [-0.2, 0) is 13.1 Å². The molecule has 2 aromatic rings. The second-order valence-corrected chi connectivity index (χ2v) is 6.06. The number of methoxy groups -OCH3 is 1. The van der Waals surface area contributed by atoms with Gasteiger partial charge in [-0.15, -0.1) is 0 Å². The molecule has 3 rings (SSSR count). The first-order valence-corrected chi connectivity index (χ1v) is 7.43. The molecular weight excluding hydrogens is 325 g/mol. The van der Waals surface area contributed by atoms with E-state index in [9.17, 15) is 10.0 Å². The van der Waals surface area contributed by atoms with E-state index in [4.69, 9.17) is 27.9 Å². The molecule has 1 aliphatic heterocycles. The van der Waals surface area contributed by atoms with E-state index in [1.807, 2.05) is 6.07 Å². The van der Waals surface area contributed by atoms with Crippen molar-refractivity contribution in [2.45, 2.75) is 13.1 Å². The predicted molar refractivity (Wildman–Crippen MR) is 84.8 cm³/mol. The number of benzene rings is 2. The Balaban J connectivity index is 1.98. The SMILES string of the molecule is COc1cc(Cl)c(Cl)cc1C[N+]1([O-])Cc2ccccc2C1=O. The number of hydrogen-bond acceptors (Lipinski definition) is 3. The molecule has 6 heteroatoms. The Morgan fingerprint density at radius 2 is 1.91 bits per heavy atom. The van der Waals surface area contributed by atoms with Crippen LogP contribution in [0.15, 0.2) is 36.4 Å². The van der Waals surface area contributed by atoms with Gasteiger partial charge in [-0.3, -0.25) is 4.65 Å². The van der Waals surface area contributed by atoms with Crippen molar-refractivity contribution in [1.29, 1.82) is 0 Å². The minimum Gasteiger partial charge on any atom is -0.624 e. The molecule has 0 bridgehead atoms. The van der Waals surface area contributed by atoms with Gasteiger partial charge in [0.1, 0.15) is 18.8 Å². The fourth-order valence-corrected chi connectivity index (χ4v) is 3.06. The second kappa shape index (κ2) is 5.56. The third-order valence-corrected chi connectivity index (χ3v) is 4.51. The Bertz CT molecular complexity index is 763. The van der Waals surface area contributed by atoms with Crippen LogP contribution >= 0.6 is 23.2 Å². The van der Waals surface area contributed by atoms with Gasteiger partial charge in [0.05, 0.1) is 28.3 Å². The Labute approximate surface area is 138 Å². The largest absolute Gasteiger partial charge is 0.624 e. The first-order chi connectivity index (χ1) is 10.4. The summed E-state index contributed by atoms with van der Waals surface area (Å²) in [4.78, 5) is 12.4. The van der Waals surface area contributed by atoms with E-state index < -0.39 is 10.6 Å². The summed E-state index contributed by atoms with van der Waals surface area (Å²) in [6, 6.07) is 10.2. The number of fused-ring (bicyclic) bond motifs is 1. The molecule has 0 aliphatic carbocycles. The molecule has 22 heavy (non-hydrogen) atoms. The lowest BCUT2D eigenvalue weighted by atomic mass is 10.1. The quantitative estimate of drug-likeness (QED) is 0.623. The lowest BCUT2D eigenvalue weighted by Crippen LogP contribution is -2.41. The third-order valence-electron chi connectivity index (χ3n) is 3.79. The van der Waals surface area contributed by atoms with E-state index in [0.717, 1.165) is 5.56 Å². The van der Waals surface area contributed by atoms with Crippen molar-refractivity contribution >= 4 is 29.1 Å². The maximum absolute atomic E-state index is 13.0. The monoisotopic (exact) mass is 337 g/mol. The molecule has 0 radical (unpaired) electrons. The van der Waals surface area contributed by atoms with Crippen LogP contribution in [0, 0.1) is 5.21 Å². The molecule has 0 saturated heterocycles. The number of rotatable bonds is 3. The summed E-state index contributed by atoms with van der Waals surface area (Å²) < 4.78 is 4.27. The molecule has 2 aromatic carbocycles. The van der Waals surface area contributed by atoms with Gasteiger partial charge in [-0.2, -0.15) is 0 Å². The van der Waals surface area contributed by atoms with Gasteiger partial charge in [-0.25, -0.2) is 4.79 Å².